The molecule has 0 aromatic carbocycles. The molecule has 108 valence electrons. The Labute approximate surface area is 117 Å². The van der Waals surface area contributed by atoms with Gasteiger partial charge in [-0.05, 0) is 24.5 Å². The fraction of sp³-hybridized carbons (Fsp3) is 0.417. The molecule has 2 amide bonds. The number of aromatic nitrogens is 1. The highest BCUT2D eigenvalue weighted by Gasteiger charge is 2.28. The van der Waals surface area contributed by atoms with Crippen LogP contribution in [0.1, 0.15) is 20.3 Å². The zero-order valence-corrected chi connectivity index (χ0v) is 11.4. The normalized spacial score (nSPS) is 11.8. The van der Waals surface area contributed by atoms with Gasteiger partial charge in [0.15, 0.2) is 0 Å². The van der Waals surface area contributed by atoms with E-state index in [9.17, 15) is 19.6 Å². The molecule has 20 heavy (non-hydrogen) atoms. The number of nitrogens with zero attached hydrogens (tertiary/aromatic N) is 1. The molecule has 0 fully saturated rings. The third-order valence-electron chi connectivity index (χ3n) is 2.51. The Balaban J connectivity index is 2.58. The van der Waals surface area contributed by atoms with E-state index in [0.29, 0.717) is 6.42 Å². The van der Waals surface area contributed by atoms with E-state index in [1.165, 1.54) is 12.3 Å². The molecule has 8 heteroatoms. The molecule has 4 N–H and O–H groups in total. The molecule has 0 spiro atoms. The quantitative estimate of drug-likeness (QED) is 0.431. The summed E-state index contributed by atoms with van der Waals surface area (Å²) in [6, 6.07) is 4.88. The van der Waals surface area contributed by atoms with Gasteiger partial charge in [-0.3, -0.25) is 9.59 Å². The molecule has 0 saturated heterocycles. The van der Waals surface area contributed by atoms with Gasteiger partial charge in [0.2, 0.25) is 0 Å². The molecule has 0 radical (unpaired) electrons. The number of pyridine rings is 1. The minimum Gasteiger partial charge on any atom is -0.426 e. The first-order chi connectivity index (χ1) is 9.40. The minimum absolute atomic E-state index is 0.140. The van der Waals surface area contributed by atoms with E-state index in [0.717, 1.165) is 0 Å². The average Bonchev–Trinajstić information content (AvgIpc) is 2.38. The second kappa shape index (κ2) is 7.61. The van der Waals surface area contributed by atoms with Crippen molar-refractivity contribution < 1.29 is 19.6 Å². The second-order valence-corrected chi connectivity index (χ2v) is 4.79. The lowest BCUT2D eigenvalue weighted by molar-refractivity contribution is -0.136. The van der Waals surface area contributed by atoms with Gasteiger partial charge in [0.25, 0.3) is 0 Å². The Morgan fingerprint density at radius 1 is 1.30 bits per heavy atom. The Kier molecular flexibility index (Phi) is 6.14. The number of rotatable bonds is 5. The van der Waals surface area contributed by atoms with Gasteiger partial charge in [-0.15, -0.1) is 0 Å². The van der Waals surface area contributed by atoms with E-state index in [1.807, 2.05) is 13.8 Å². The monoisotopic (exact) mass is 279 g/mol. The summed E-state index contributed by atoms with van der Waals surface area (Å²) in [7, 11) is -1.72. The number of hydrogen-bond donors (Lipinski definition) is 4. The fourth-order valence-electron chi connectivity index (χ4n) is 1.61. The van der Waals surface area contributed by atoms with Crippen LogP contribution in [0.5, 0.6) is 0 Å². The Morgan fingerprint density at radius 2 is 2.00 bits per heavy atom. The molecular formula is C12H18BN3O4. The maximum atomic E-state index is 11.7. The van der Waals surface area contributed by atoms with Gasteiger partial charge >= 0.3 is 18.9 Å². The highest BCUT2D eigenvalue weighted by molar-refractivity contribution is 6.46. The highest BCUT2D eigenvalue weighted by atomic mass is 16.4. The molecule has 7 nitrogen and oxygen atoms in total. The van der Waals surface area contributed by atoms with Crippen molar-refractivity contribution in [2.24, 2.45) is 5.92 Å². The minimum atomic E-state index is -1.72. The molecule has 1 rings (SSSR count). The number of carbonyl (C=O) groups is 2. The van der Waals surface area contributed by atoms with Crippen LogP contribution < -0.4 is 10.6 Å². The Morgan fingerprint density at radius 3 is 2.50 bits per heavy atom. The summed E-state index contributed by atoms with van der Waals surface area (Å²) in [4.78, 5) is 27.2. The maximum Gasteiger partial charge on any atom is 0.475 e. The van der Waals surface area contributed by atoms with Crippen molar-refractivity contribution in [1.82, 2.24) is 10.3 Å². The van der Waals surface area contributed by atoms with Crippen molar-refractivity contribution in [1.29, 1.82) is 0 Å². The summed E-state index contributed by atoms with van der Waals surface area (Å²) in [6.07, 6.45) is 1.83. The molecule has 0 bridgehead atoms. The largest absolute Gasteiger partial charge is 0.475 e. The summed E-state index contributed by atoms with van der Waals surface area (Å²) >= 11 is 0. The van der Waals surface area contributed by atoms with Crippen molar-refractivity contribution in [3.63, 3.8) is 0 Å². The van der Waals surface area contributed by atoms with Crippen molar-refractivity contribution in [2.75, 3.05) is 5.32 Å². The van der Waals surface area contributed by atoms with Crippen molar-refractivity contribution >= 4 is 24.8 Å². The predicted molar refractivity (Wildman–Crippen MR) is 74.4 cm³/mol. The van der Waals surface area contributed by atoms with Crippen LogP contribution in [0.2, 0.25) is 0 Å². The van der Waals surface area contributed by atoms with E-state index >= 15 is 0 Å². The van der Waals surface area contributed by atoms with Crippen LogP contribution in [0.15, 0.2) is 24.4 Å². The first-order valence-corrected chi connectivity index (χ1v) is 6.29. The van der Waals surface area contributed by atoms with Crippen LogP contribution in [-0.4, -0.2) is 39.9 Å². The van der Waals surface area contributed by atoms with Gasteiger partial charge in [-0.2, -0.15) is 0 Å². The summed E-state index contributed by atoms with van der Waals surface area (Å²) in [5.74, 6) is -2.34. The molecule has 1 aromatic rings. The van der Waals surface area contributed by atoms with Crippen molar-refractivity contribution in [3.05, 3.63) is 24.4 Å². The summed E-state index contributed by atoms with van der Waals surface area (Å²) in [6.45, 7) is 3.74. The van der Waals surface area contributed by atoms with Crippen LogP contribution in [0.3, 0.4) is 0 Å². The molecular weight excluding hydrogens is 261 g/mol. The third-order valence-corrected chi connectivity index (χ3v) is 2.51. The molecule has 1 unspecified atom stereocenters. The van der Waals surface area contributed by atoms with Crippen molar-refractivity contribution in [3.8, 4) is 0 Å². The fourth-order valence-corrected chi connectivity index (χ4v) is 1.61. The third kappa shape index (κ3) is 5.37. The van der Waals surface area contributed by atoms with Crippen LogP contribution >= 0.6 is 0 Å². The van der Waals surface area contributed by atoms with E-state index in [-0.39, 0.29) is 11.7 Å². The van der Waals surface area contributed by atoms with Gasteiger partial charge < -0.3 is 20.7 Å². The summed E-state index contributed by atoms with van der Waals surface area (Å²) < 4.78 is 0. The Bertz CT molecular complexity index is 453. The topological polar surface area (TPSA) is 112 Å². The zero-order chi connectivity index (χ0) is 15.1. The average molecular weight is 279 g/mol. The van der Waals surface area contributed by atoms with E-state index in [1.54, 1.807) is 12.1 Å². The van der Waals surface area contributed by atoms with Gasteiger partial charge in [0, 0.05) is 6.20 Å². The SMILES string of the molecule is CC(C)CC(NC(=O)C(=O)Nc1ccccn1)B(O)O. The summed E-state index contributed by atoms with van der Waals surface area (Å²) in [5, 5.41) is 23.0. The van der Waals surface area contributed by atoms with E-state index in [4.69, 9.17) is 0 Å². The number of carbonyl (C=O) groups excluding carboxylic acids is 2. The number of amides is 2. The number of hydrogen-bond acceptors (Lipinski definition) is 5. The predicted octanol–water partition coefficient (Wildman–Crippen LogP) is -0.437. The zero-order valence-electron chi connectivity index (χ0n) is 11.4. The molecule has 0 saturated carbocycles. The van der Waals surface area contributed by atoms with Crippen LogP contribution in [0.25, 0.3) is 0 Å². The highest BCUT2D eigenvalue weighted by Crippen LogP contribution is 2.06. The van der Waals surface area contributed by atoms with Crippen LogP contribution in [-0.2, 0) is 9.59 Å². The van der Waals surface area contributed by atoms with Gasteiger partial charge in [0.05, 0.1) is 5.94 Å². The Hall–Kier alpha value is -1.93. The molecule has 0 aliphatic rings. The molecule has 1 atom stereocenters. The first kappa shape index (κ1) is 16.1. The second-order valence-electron chi connectivity index (χ2n) is 4.79. The maximum absolute atomic E-state index is 11.7. The van der Waals surface area contributed by atoms with Gasteiger partial charge in [-0.1, -0.05) is 19.9 Å². The molecule has 0 aliphatic carbocycles. The van der Waals surface area contributed by atoms with Gasteiger partial charge in [-0.25, -0.2) is 4.98 Å². The molecule has 0 aliphatic heterocycles. The number of anilines is 1. The van der Waals surface area contributed by atoms with Crippen LogP contribution in [0, 0.1) is 5.92 Å². The standard InChI is InChI=1S/C12H18BN3O4/c1-8(2)7-9(13(19)20)15-11(17)12(18)16-10-5-3-4-6-14-10/h3-6,8-9,19-20H,7H2,1-2H3,(H,15,17)(H,14,16,18). The molecule has 1 heterocycles. The van der Waals surface area contributed by atoms with Crippen molar-refractivity contribution in [2.45, 2.75) is 26.2 Å². The lowest BCUT2D eigenvalue weighted by atomic mass is 9.75. The lowest BCUT2D eigenvalue weighted by Crippen LogP contribution is -2.50. The summed E-state index contributed by atoms with van der Waals surface area (Å²) in [5.41, 5.74) is 0. The van der Waals surface area contributed by atoms with E-state index < -0.39 is 24.9 Å². The lowest BCUT2D eigenvalue weighted by Gasteiger charge is -2.19. The first-order valence-electron chi connectivity index (χ1n) is 6.29. The smallest absolute Gasteiger partial charge is 0.426 e. The van der Waals surface area contributed by atoms with Crippen LogP contribution in [0.4, 0.5) is 5.82 Å². The number of nitrogens with one attached hydrogen (secondary N) is 2. The van der Waals surface area contributed by atoms with Gasteiger partial charge in [0.1, 0.15) is 5.82 Å². The molecule has 1 aromatic heterocycles. The van der Waals surface area contributed by atoms with E-state index in [2.05, 4.69) is 15.6 Å².